The van der Waals surface area contributed by atoms with Gasteiger partial charge < -0.3 is 5.32 Å². The zero-order chi connectivity index (χ0) is 20.1. The van der Waals surface area contributed by atoms with Crippen molar-refractivity contribution in [3.8, 4) is 0 Å². The highest BCUT2D eigenvalue weighted by Gasteiger charge is 2.28. The van der Waals surface area contributed by atoms with Crippen LogP contribution in [-0.4, -0.2) is 26.6 Å². The van der Waals surface area contributed by atoms with Gasteiger partial charge in [0.15, 0.2) is 0 Å². The first-order valence-electron chi connectivity index (χ1n) is 9.54. The molecule has 0 bridgehead atoms. The summed E-state index contributed by atoms with van der Waals surface area (Å²) in [6, 6.07) is 15.3. The minimum absolute atomic E-state index is 0.0273. The van der Waals surface area contributed by atoms with Gasteiger partial charge >= 0.3 is 0 Å². The SMILES string of the molecule is CCC(NC(=O)/C=C/c1ccc(N2CCCS2(=O)=O)cc1)c1ccc(C)cc1. The maximum absolute atomic E-state index is 12.3. The van der Waals surface area contributed by atoms with E-state index in [1.807, 2.05) is 50.2 Å². The summed E-state index contributed by atoms with van der Waals surface area (Å²) in [5.74, 6) is 0.0487. The third-order valence-corrected chi connectivity index (χ3v) is 6.78. The first-order valence-corrected chi connectivity index (χ1v) is 11.2. The van der Waals surface area contributed by atoms with Gasteiger partial charge in [-0.25, -0.2) is 8.42 Å². The van der Waals surface area contributed by atoms with Gasteiger partial charge in [-0.2, -0.15) is 0 Å². The van der Waals surface area contributed by atoms with Crippen LogP contribution in [0.3, 0.4) is 0 Å². The molecule has 1 amide bonds. The average Bonchev–Trinajstić information content (AvgIpc) is 3.04. The van der Waals surface area contributed by atoms with Crippen LogP contribution < -0.4 is 9.62 Å². The number of carbonyl (C=O) groups excluding carboxylic acids is 1. The van der Waals surface area contributed by atoms with Crippen LogP contribution in [0.1, 0.15) is 42.5 Å². The van der Waals surface area contributed by atoms with Crippen molar-refractivity contribution in [2.75, 3.05) is 16.6 Å². The number of sulfonamides is 1. The molecule has 148 valence electrons. The van der Waals surface area contributed by atoms with Gasteiger partial charge in [-0.15, -0.1) is 0 Å². The van der Waals surface area contributed by atoms with Crippen LogP contribution in [0, 0.1) is 6.92 Å². The summed E-state index contributed by atoms with van der Waals surface area (Å²) in [5.41, 5.74) is 3.80. The number of amides is 1. The summed E-state index contributed by atoms with van der Waals surface area (Å²) in [4.78, 5) is 12.3. The minimum atomic E-state index is -3.17. The van der Waals surface area contributed by atoms with Crippen LogP contribution in [0.5, 0.6) is 0 Å². The molecule has 0 aromatic heterocycles. The molecule has 2 aromatic carbocycles. The quantitative estimate of drug-likeness (QED) is 0.753. The highest BCUT2D eigenvalue weighted by Crippen LogP contribution is 2.24. The van der Waals surface area contributed by atoms with Gasteiger partial charge in [0.2, 0.25) is 15.9 Å². The number of anilines is 1. The second-order valence-corrected chi connectivity index (χ2v) is 9.06. The fourth-order valence-corrected chi connectivity index (χ4v) is 4.86. The molecule has 3 rings (SSSR count). The van der Waals surface area contributed by atoms with E-state index in [-0.39, 0.29) is 17.7 Å². The number of aryl methyl sites for hydroxylation is 1. The Hall–Kier alpha value is -2.60. The average molecular weight is 399 g/mol. The van der Waals surface area contributed by atoms with E-state index in [0.29, 0.717) is 18.7 Å². The second kappa shape index (κ2) is 8.61. The first-order chi connectivity index (χ1) is 13.4. The maximum atomic E-state index is 12.3. The van der Waals surface area contributed by atoms with Gasteiger partial charge in [-0.3, -0.25) is 9.10 Å². The lowest BCUT2D eigenvalue weighted by atomic mass is 10.0. The van der Waals surface area contributed by atoms with Crippen molar-refractivity contribution in [3.63, 3.8) is 0 Å². The number of hydrogen-bond donors (Lipinski definition) is 1. The number of hydrogen-bond acceptors (Lipinski definition) is 3. The molecule has 1 aliphatic heterocycles. The van der Waals surface area contributed by atoms with Crippen LogP contribution in [-0.2, 0) is 14.8 Å². The van der Waals surface area contributed by atoms with Crippen molar-refractivity contribution in [2.24, 2.45) is 0 Å². The highest BCUT2D eigenvalue weighted by molar-refractivity contribution is 7.93. The predicted octanol–water partition coefficient (Wildman–Crippen LogP) is 3.82. The van der Waals surface area contributed by atoms with Crippen LogP contribution in [0.2, 0.25) is 0 Å². The van der Waals surface area contributed by atoms with Crippen LogP contribution in [0.25, 0.3) is 6.08 Å². The molecule has 1 heterocycles. The fraction of sp³-hybridized carbons (Fsp3) is 0.318. The van der Waals surface area contributed by atoms with Crippen molar-refractivity contribution >= 4 is 27.7 Å². The van der Waals surface area contributed by atoms with E-state index in [9.17, 15) is 13.2 Å². The standard InChI is InChI=1S/C22H26N2O3S/c1-3-21(19-10-5-17(2)6-11-19)23-22(25)14-9-18-7-12-20(13-8-18)24-15-4-16-28(24,26)27/h5-14,21H,3-4,15-16H2,1-2H3,(H,23,25)/b14-9+. The van der Waals surface area contributed by atoms with Gasteiger partial charge in [0.05, 0.1) is 17.5 Å². The van der Waals surface area contributed by atoms with E-state index >= 15 is 0 Å². The smallest absolute Gasteiger partial charge is 0.244 e. The third kappa shape index (κ3) is 4.81. The predicted molar refractivity (Wildman–Crippen MR) is 114 cm³/mol. The van der Waals surface area contributed by atoms with E-state index in [4.69, 9.17) is 0 Å². The minimum Gasteiger partial charge on any atom is -0.346 e. The topological polar surface area (TPSA) is 66.5 Å². The molecule has 2 aromatic rings. The lowest BCUT2D eigenvalue weighted by molar-refractivity contribution is -0.117. The number of rotatable bonds is 6. The Labute approximate surface area is 167 Å². The Morgan fingerprint density at radius 2 is 1.82 bits per heavy atom. The number of nitrogens with zero attached hydrogens (tertiary/aromatic N) is 1. The van der Waals surface area contributed by atoms with Gasteiger partial charge in [0, 0.05) is 12.6 Å². The Balaban J connectivity index is 1.62. The Bertz CT molecular complexity index is 948. The summed E-state index contributed by atoms with van der Waals surface area (Å²) in [6.45, 7) is 4.60. The van der Waals surface area contributed by atoms with Gasteiger partial charge in [0.25, 0.3) is 0 Å². The zero-order valence-electron chi connectivity index (χ0n) is 16.3. The van der Waals surface area contributed by atoms with Gasteiger partial charge in [0.1, 0.15) is 0 Å². The fourth-order valence-electron chi connectivity index (χ4n) is 3.29. The number of nitrogens with one attached hydrogen (secondary N) is 1. The molecule has 1 fully saturated rings. The van der Waals surface area contributed by atoms with Crippen LogP contribution >= 0.6 is 0 Å². The molecule has 1 aliphatic rings. The molecule has 1 unspecified atom stereocenters. The Kier molecular flexibility index (Phi) is 6.19. The highest BCUT2D eigenvalue weighted by atomic mass is 32.2. The van der Waals surface area contributed by atoms with Crippen molar-refractivity contribution in [1.82, 2.24) is 5.32 Å². The summed E-state index contributed by atoms with van der Waals surface area (Å²) >= 11 is 0. The van der Waals surface area contributed by atoms with E-state index in [1.165, 1.54) is 15.9 Å². The number of carbonyl (C=O) groups is 1. The van der Waals surface area contributed by atoms with Crippen molar-refractivity contribution in [3.05, 3.63) is 71.3 Å². The normalized spacial score (nSPS) is 17.0. The molecule has 1 atom stereocenters. The van der Waals surface area contributed by atoms with Gasteiger partial charge in [-0.05, 0) is 49.1 Å². The van der Waals surface area contributed by atoms with Crippen LogP contribution in [0.4, 0.5) is 5.69 Å². The molecule has 0 spiro atoms. The largest absolute Gasteiger partial charge is 0.346 e. The molecular formula is C22H26N2O3S. The maximum Gasteiger partial charge on any atom is 0.244 e. The molecular weight excluding hydrogens is 372 g/mol. The summed E-state index contributed by atoms with van der Waals surface area (Å²) in [7, 11) is -3.17. The summed E-state index contributed by atoms with van der Waals surface area (Å²) < 4.78 is 25.4. The molecule has 0 radical (unpaired) electrons. The van der Waals surface area contributed by atoms with E-state index < -0.39 is 10.0 Å². The van der Waals surface area contributed by atoms with Crippen molar-refractivity contribution in [2.45, 2.75) is 32.7 Å². The molecule has 0 saturated carbocycles. The molecule has 0 aliphatic carbocycles. The molecule has 5 nitrogen and oxygen atoms in total. The van der Waals surface area contributed by atoms with Crippen molar-refractivity contribution in [1.29, 1.82) is 0 Å². The molecule has 1 saturated heterocycles. The third-order valence-electron chi connectivity index (χ3n) is 4.91. The van der Waals surface area contributed by atoms with E-state index in [0.717, 1.165) is 17.5 Å². The van der Waals surface area contributed by atoms with E-state index in [1.54, 1.807) is 18.2 Å². The monoisotopic (exact) mass is 398 g/mol. The first kappa shape index (κ1) is 20.1. The van der Waals surface area contributed by atoms with Crippen molar-refractivity contribution < 1.29 is 13.2 Å². The molecule has 28 heavy (non-hydrogen) atoms. The summed E-state index contributed by atoms with van der Waals surface area (Å²) in [6.07, 6.45) is 4.71. The van der Waals surface area contributed by atoms with E-state index in [2.05, 4.69) is 5.32 Å². The summed E-state index contributed by atoms with van der Waals surface area (Å²) in [5, 5.41) is 3.03. The van der Waals surface area contributed by atoms with Gasteiger partial charge in [-0.1, -0.05) is 48.9 Å². The lowest BCUT2D eigenvalue weighted by Gasteiger charge is -2.17. The lowest BCUT2D eigenvalue weighted by Crippen LogP contribution is -2.26. The Morgan fingerprint density at radius 1 is 1.14 bits per heavy atom. The molecule has 6 heteroatoms. The van der Waals surface area contributed by atoms with Crippen LogP contribution in [0.15, 0.2) is 54.6 Å². The second-order valence-electron chi connectivity index (χ2n) is 7.05. The molecule has 1 N–H and O–H groups in total. The Morgan fingerprint density at radius 3 is 2.39 bits per heavy atom. The number of benzene rings is 2. The zero-order valence-corrected chi connectivity index (χ0v) is 17.1.